The average Bonchev–Trinajstić information content (AvgIpc) is 3.07. The molecule has 0 aliphatic carbocycles. The highest BCUT2D eigenvalue weighted by Crippen LogP contribution is 2.20. The van der Waals surface area contributed by atoms with Crippen molar-refractivity contribution in [3.63, 3.8) is 0 Å². The smallest absolute Gasteiger partial charge is 0.429 e. The second-order valence-electron chi connectivity index (χ2n) is 10.3. The number of carbonyl (C=O) groups excluding carboxylic acids is 4. The van der Waals surface area contributed by atoms with E-state index in [9.17, 15) is 24.0 Å². The molecule has 2 atom stereocenters. The monoisotopic (exact) mass is 620 g/mol. The molecular formula is C34H30N5O7+. The molecule has 0 fully saturated rings. The maximum Gasteiger partial charge on any atom is 0.514 e. The standard InChI is InChI=1S/C34H29N5O7/c1-22-12-17-27-30(41)28(18-35-31(27)36-22)32(42)37-29(33(43)38-39(21-40)19-23-8-4-2-5-9-23)25-13-15-26(16-14-25)46-34(44)45-20-24-10-6-3-7-11-24/h2-18,21,29H,19-20H2,1H3,(H,37,42)(H,38,43)(H,35,36,41)/p+1. The number of hydrogen-bond acceptors (Lipinski definition) is 8. The van der Waals surface area contributed by atoms with E-state index in [1.165, 1.54) is 30.5 Å². The Morgan fingerprint density at radius 3 is 2.26 bits per heavy atom. The number of amides is 3. The first-order chi connectivity index (χ1) is 22.3. The van der Waals surface area contributed by atoms with Crippen LogP contribution >= 0.6 is 0 Å². The lowest BCUT2D eigenvalue weighted by Gasteiger charge is -2.21. The van der Waals surface area contributed by atoms with Gasteiger partial charge >= 0.3 is 12.6 Å². The van der Waals surface area contributed by atoms with E-state index in [-0.39, 0.29) is 40.4 Å². The van der Waals surface area contributed by atoms with Crippen molar-refractivity contribution in [2.75, 3.05) is 0 Å². The van der Waals surface area contributed by atoms with Crippen LogP contribution in [0.25, 0.3) is 11.0 Å². The number of pyridine rings is 2. The van der Waals surface area contributed by atoms with Gasteiger partial charge in [-0.1, -0.05) is 72.8 Å². The van der Waals surface area contributed by atoms with Crippen LogP contribution in [0.5, 0.6) is 5.75 Å². The van der Waals surface area contributed by atoms with Gasteiger partial charge in [-0.25, -0.2) is 14.6 Å². The molecule has 0 bridgehead atoms. The second kappa shape index (κ2) is 14.6. The van der Waals surface area contributed by atoms with Crippen molar-refractivity contribution in [3.8, 4) is 5.75 Å². The summed E-state index contributed by atoms with van der Waals surface area (Å²) >= 11 is 0. The van der Waals surface area contributed by atoms with Crippen LogP contribution in [0.1, 0.15) is 38.8 Å². The third-order valence-corrected chi connectivity index (χ3v) is 6.94. The minimum Gasteiger partial charge on any atom is -0.429 e. The van der Waals surface area contributed by atoms with Crippen LogP contribution in [-0.2, 0) is 27.5 Å². The molecule has 0 aliphatic heterocycles. The molecule has 3 amide bonds. The van der Waals surface area contributed by atoms with Crippen molar-refractivity contribution >= 4 is 35.4 Å². The Kier molecular flexibility index (Phi) is 9.90. The molecule has 46 heavy (non-hydrogen) atoms. The zero-order chi connectivity index (χ0) is 32.5. The molecule has 5 rings (SSSR count). The van der Waals surface area contributed by atoms with Gasteiger partial charge in [-0.2, -0.15) is 10.4 Å². The van der Waals surface area contributed by atoms with Crippen LogP contribution in [0.3, 0.4) is 0 Å². The number of benzene rings is 3. The summed E-state index contributed by atoms with van der Waals surface area (Å²) in [5.74, 6) is -1.42. The largest absolute Gasteiger partial charge is 0.514 e. The Hall–Kier alpha value is -6.14. The number of aromatic nitrogens is 2. The minimum atomic E-state index is -1.34. The molecule has 0 radical (unpaired) electrons. The number of nitrogens with zero attached hydrogens (tertiary/aromatic N) is 1. The maximum atomic E-state index is 13.6. The average molecular weight is 621 g/mol. The zero-order valence-corrected chi connectivity index (χ0v) is 24.7. The SMILES string of the molecule is Cc1ccc2c(=O)c(C(=O)NC(C(=O)N[NH+](C=O)Cc3ccccc3)c3ccc(OC(=O)OCc4ccccc4)cc3)c[nH]c2n1. The molecule has 12 heteroatoms. The first-order valence-electron chi connectivity index (χ1n) is 14.2. The number of nitrogens with one attached hydrogen (secondary N) is 4. The van der Waals surface area contributed by atoms with Crippen LogP contribution in [0.15, 0.2) is 108 Å². The predicted molar refractivity (Wildman–Crippen MR) is 166 cm³/mol. The minimum absolute atomic E-state index is 0.0220. The van der Waals surface area contributed by atoms with Gasteiger partial charge in [-0.3, -0.25) is 14.4 Å². The van der Waals surface area contributed by atoms with E-state index in [0.29, 0.717) is 17.8 Å². The summed E-state index contributed by atoms with van der Waals surface area (Å²) in [6, 6.07) is 25.8. The molecule has 12 nitrogen and oxygen atoms in total. The van der Waals surface area contributed by atoms with Gasteiger partial charge in [0.25, 0.3) is 11.8 Å². The van der Waals surface area contributed by atoms with E-state index in [0.717, 1.165) is 11.1 Å². The molecule has 4 N–H and O–H groups in total. The summed E-state index contributed by atoms with van der Waals surface area (Å²) < 4.78 is 10.4. The summed E-state index contributed by atoms with van der Waals surface area (Å²) in [5.41, 5.74) is 4.66. The highest BCUT2D eigenvalue weighted by atomic mass is 16.7. The molecule has 5 aromatic rings. The summed E-state index contributed by atoms with van der Waals surface area (Å²) in [6.45, 7) is 1.94. The number of aromatic amines is 1. The molecule has 232 valence electrons. The number of hydrogen-bond donors (Lipinski definition) is 4. The van der Waals surface area contributed by atoms with E-state index in [1.807, 2.05) is 36.4 Å². The van der Waals surface area contributed by atoms with E-state index in [2.05, 4.69) is 20.7 Å². The van der Waals surface area contributed by atoms with Crippen LogP contribution in [0.2, 0.25) is 0 Å². The fraction of sp³-hybridized carbons (Fsp3) is 0.118. The quantitative estimate of drug-likeness (QED) is 0.0759. The van der Waals surface area contributed by atoms with E-state index < -0.39 is 29.4 Å². The Labute approximate surface area is 263 Å². The van der Waals surface area contributed by atoms with Gasteiger partial charge in [-0.15, -0.1) is 0 Å². The van der Waals surface area contributed by atoms with Crippen LogP contribution < -0.4 is 25.9 Å². The highest BCUT2D eigenvalue weighted by Gasteiger charge is 2.28. The fourth-order valence-electron chi connectivity index (χ4n) is 4.61. The van der Waals surface area contributed by atoms with Crippen molar-refractivity contribution in [3.05, 3.63) is 141 Å². The van der Waals surface area contributed by atoms with E-state index >= 15 is 0 Å². The third kappa shape index (κ3) is 7.87. The highest BCUT2D eigenvalue weighted by molar-refractivity contribution is 5.99. The molecule has 2 unspecified atom stereocenters. The third-order valence-electron chi connectivity index (χ3n) is 6.94. The van der Waals surface area contributed by atoms with Crippen molar-refractivity contribution in [2.24, 2.45) is 0 Å². The Bertz CT molecular complexity index is 1910. The van der Waals surface area contributed by atoms with Gasteiger partial charge < -0.3 is 19.8 Å². The number of rotatable bonds is 11. The zero-order valence-electron chi connectivity index (χ0n) is 24.7. The second-order valence-corrected chi connectivity index (χ2v) is 10.3. The topological polar surface area (TPSA) is 161 Å². The van der Waals surface area contributed by atoms with Crippen LogP contribution in [0.4, 0.5) is 4.79 Å². The lowest BCUT2D eigenvalue weighted by Crippen LogP contribution is -3.17. The number of ether oxygens (including phenoxy) is 2. The molecule has 0 spiro atoms. The molecular weight excluding hydrogens is 590 g/mol. The summed E-state index contributed by atoms with van der Waals surface area (Å²) in [6.07, 6.45) is 0.841. The van der Waals surface area contributed by atoms with Crippen molar-refractivity contribution in [1.82, 2.24) is 20.7 Å². The van der Waals surface area contributed by atoms with Gasteiger partial charge in [0.1, 0.15) is 36.2 Å². The summed E-state index contributed by atoms with van der Waals surface area (Å²) in [4.78, 5) is 71.4. The van der Waals surface area contributed by atoms with Gasteiger partial charge in [0.2, 0.25) is 5.43 Å². The summed E-state index contributed by atoms with van der Waals surface area (Å²) in [5, 5.41) is 2.88. The first-order valence-corrected chi connectivity index (χ1v) is 14.2. The van der Waals surface area contributed by atoms with E-state index in [1.54, 1.807) is 43.3 Å². The van der Waals surface area contributed by atoms with Gasteiger partial charge in [0, 0.05) is 17.5 Å². The fourth-order valence-corrected chi connectivity index (χ4v) is 4.61. The van der Waals surface area contributed by atoms with Crippen molar-refractivity contribution < 1.29 is 33.7 Å². The predicted octanol–water partition coefficient (Wildman–Crippen LogP) is 2.69. The molecule has 0 saturated carbocycles. The molecule has 0 aliphatic rings. The molecule has 2 aromatic heterocycles. The number of aryl methyl sites for hydroxylation is 1. The lowest BCUT2D eigenvalue weighted by atomic mass is 10.1. The Morgan fingerprint density at radius 2 is 1.59 bits per heavy atom. The first kappa shape index (κ1) is 31.3. The number of quaternary nitrogens is 1. The van der Waals surface area contributed by atoms with E-state index in [4.69, 9.17) is 9.47 Å². The molecule has 2 heterocycles. The molecule has 0 saturated heterocycles. The Balaban J connectivity index is 1.35. The van der Waals surface area contributed by atoms with Gasteiger partial charge in [0.15, 0.2) is 0 Å². The van der Waals surface area contributed by atoms with Crippen molar-refractivity contribution in [1.29, 1.82) is 0 Å². The number of carbonyl (C=O) groups is 4. The normalized spacial score (nSPS) is 12.0. The molecule has 3 aromatic carbocycles. The number of H-pyrrole nitrogens is 1. The van der Waals surface area contributed by atoms with Gasteiger partial charge in [-0.05, 0) is 42.3 Å². The number of fused-ring (bicyclic) bond motifs is 1. The maximum absolute atomic E-state index is 13.6. The Morgan fingerprint density at radius 1 is 0.913 bits per heavy atom. The lowest BCUT2D eigenvalue weighted by molar-refractivity contribution is -0.863. The van der Waals surface area contributed by atoms with Gasteiger partial charge in [0.05, 0.1) is 5.39 Å². The summed E-state index contributed by atoms with van der Waals surface area (Å²) in [7, 11) is 0. The van der Waals surface area contributed by atoms with Crippen molar-refractivity contribution in [2.45, 2.75) is 26.1 Å². The van der Waals surface area contributed by atoms with Crippen LogP contribution in [-0.4, -0.2) is 34.3 Å². The van der Waals surface area contributed by atoms with Crippen LogP contribution in [0, 0.1) is 6.92 Å².